The number of nitrogens with one attached hydrogen (secondary N) is 1. The van der Waals surface area contributed by atoms with Gasteiger partial charge in [0.2, 0.25) is 0 Å². The molecule has 0 spiro atoms. The number of hydrogen-bond donors (Lipinski definition) is 2. The van der Waals surface area contributed by atoms with E-state index in [1.54, 1.807) is 31.3 Å². The molecule has 0 aliphatic rings. The van der Waals surface area contributed by atoms with E-state index in [2.05, 4.69) is 25.7 Å². The number of hydrogen-bond acceptors (Lipinski definition) is 7. The van der Waals surface area contributed by atoms with Crippen LogP contribution in [0, 0.1) is 0 Å². The van der Waals surface area contributed by atoms with Crippen LogP contribution in [0.3, 0.4) is 0 Å². The van der Waals surface area contributed by atoms with Gasteiger partial charge in [-0.1, -0.05) is 54.6 Å². The van der Waals surface area contributed by atoms with Crippen LogP contribution in [-0.4, -0.2) is 35.1 Å². The second-order valence-corrected chi connectivity index (χ2v) is 5.90. The molecule has 2 rings (SSSR count). The molecule has 0 aliphatic carbocycles. The van der Waals surface area contributed by atoms with Gasteiger partial charge in [0.05, 0.1) is 0 Å². The van der Waals surface area contributed by atoms with Gasteiger partial charge in [-0.15, -0.1) is 10.2 Å². The van der Waals surface area contributed by atoms with E-state index in [1.807, 2.05) is 30.3 Å². The van der Waals surface area contributed by atoms with Crippen LogP contribution in [-0.2, 0) is 42.3 Å². The molecule has 7 nitrogen and oxygen atoms in total. The second kappa shape index (κ2) is 11.9. The van der Waals surface area contributed by atoms with Gasteiger partial charge in [-0.05, 0) is 10.3 Å². The average Bonchev–Trinajstić information content (AvgIpc) is 2.70. The van der Waals surface area contributed by atoms with Crippen molar-refractivity contribution < 1.29 is 21.9 Å². The van der Waals surface area contributed by atoms with Crippen molar-refractivity contribution >= 4 is 53.3 Å². The van der Waals surface area contributed by atoms with Crippen LogP contribution in [0.2, 0.25) is 0 Å². The zero-order valence-corrected chi connectivity index (χ0v) is 17.2. The van der Waals surface area contributed by atoms with E-state index in [-0.39, 0.29) is 27.4 Å². The van der Waals surface area contributed by atoms with Gasteiger partial charge in [0.25, 0.3) is 0 Å². The van der Waals surface area contributed by atoms with Crippen LogP contribution >= 0.6 is 0 Å². The fraction of sp³-hybridized carbons (Fsp3) is 0.0556. The molecule has 0 heterocycles. The first-order chi connectivity index (χ1) is 13.0. The van der Waals surface area contributed by atoms with Crippen molar-refractivity contribution in [3.8, 4) is 0 Å². The molecule has 0 saturated heterocycles. The van der Waals surface area contributed by atoms with E-state index in [0.717, 1.165) is 11.8 Å². The maximum atomic E-state index is 10.9. The van der Waals surface area contributed by atoms with Crippen molar-refractivity contribution in [2.75, 3.05) is 7.05 Å². The summed E-state index contributed by atoms with van der Waals surface area (Å²) in [5.41, 5.74) is 8.21. The molecule has 0 aliphatic heterocycles. The molecule has 2 aromatic carbocycles. The van der Waals surface area contributed by atoms with Crippen LogP contribution in [0.1, 0.15) is 21.5 Å². The molecule has 3 N–H and O–H groups in total. The zero-order valence-electron chi connectivity index (χ0n) is 14.7. The van der Waals surface area contributed by atoms with Gasteiger partial charge in [0.1, 0.15) is 17.7 Å². The standard InChI is InChI=1S/C18H18N6OS2.Cu/c1-20-18(27)24-22-16(14-9-7-12(11-25)8-10-14)15(21-23-17(19)26)13-5-3-2-4-6-13;/h2-11H,1H3,(H3,19,23,26)(H2,20,24,27);/q;+2/p-2/b21-15+,22-16+;. The van der Waals surface area contributed by atoms with Crippen molar-refractivity contribution in [1.82, 2.24) is 5.32 Å². The van der Waals surface area contributed by atoms with Crippen LogP contribution in [0.5, 0.6) is 0 Å². The van der Waals surface area contributed by atoms with Crippen molar-refractivity contribution in [3.63, 3.8) is 0 Å². The van der Waals surface area contributed by atoms with Crippen LogP contribution < -0.4 is 11.1 Å². The summed E-state index contributed by atoms with van der Waals surface area (Å²) in [5, 5.41) is 19.0. The third-order valence-corrected chi connectivity index (χ3v) is 3.66. The molecule has 0 saturated carbocycles. The molecule has 0 amide bonds. The Morgan fingerprint density at radius 3 is 1.93 bits per heavy atom. The Bertz CT molecular complexity index is 907. The Kier molecular flexibility index (Phi) is 9.97. The van der Waals surface area contributed by atoms with E-state index in [9.17, 15) is 4.79 Å². The molecule has 147 valence electrons. The van der Waals surface area contributed by atoms with Crippen LogP contribution in [0.25, 0.3) is 0 Å². The van der Waals surface area contributed by atoms with Gasteiger partial charge in [-0.2, -0.15) is 10.2 Å². The average molecular weight is 460 g/mol. The summed E-state index contributed by atoms with van der Waals surface area (Å²) in [7, 11) is 1.65. The number of aldehydes is 1. The van der Waals surface area contributed by atoms with E-state index in [1.165, 1.54) is 0 Å². The molecule has 0 atom stereocenters. The summed E-state index contributed by atoms with van der Waals surface area (Å²) in [6, 6.07) is 16.1. The first-order valence-electron chi connectivity index (χ1n) is 7.75. The molecule has 0 aromatic heterocycles. The minimum Gasteiger partial charge on any atom is -0.741 e. The number of nitrogens with zero attached hydrogens (tertiary/aromatic N) is 4. The molecule has 0 bridgehead atoms. The Labute approximate surface area is 184 Å². The fourth-order valence-electron chi connectivity index (χ4n) is 2.04. The summed E-state index contributed by atoms with van der Waals surface area (Å²) in [5.74, 6) is 0. The van der Waals surface area contributed by atoms with Gasteiger partial charge >= 0.3 is 17.1 Å². The topological polar surface area (TPSA) is 105 Å². The van der Waals surface area contributed by atoms with E-state index in [0.29, 0.717) is 22.6 Å². The van der Waals surface area contributed by atoms with E-state index >= 15 is 0 Å². The summed E-state index contributed by atoms with van der Waals surface area (Å²) >= 11 is 9.83. The number of benzene rings is 2. The predicted molar refractivity (Wildman–Crippen MR) is 114 cm³/mol. The van der Waals surface area contributed by atoms with Crippen molar-refractivity contribution in [3.05, 3.63) is 71.3 Å². The van der Waals surface area contributed by atoms with Gasteiger partial charge < -0.3 is 36.3 Å². The third kappa shape index (κ3) is 6.82. The van der Waals surface area contributed by atoms with Gasteiger partial charge in [0.15, 0.2) is 0 Å². The Morgan fingerprint density at radius 1 is 0.893 bits per heavy atom. The quantitative estimate of drug-likeness (QED) is 0.170. The molecule has 10 heteroatoms. The maximum Gasteiger partial charge on any atom is 2.00 e. The van der Waals surface area contributed by atoms with Gasteiger partial charge in [-0.3, -0.25) is 4.79 Å². The number of carbonyl (C=O) groups is 1. The maximum absolute atomic E-state index is 10.9. The second-order valence-electron chi connectivity index (χ2n) is 5.10. The Hall–Kier alpha value is -2.65. The van der Waals surface area contributed by atoms with E-state index in [4.69, 9.17) is 31.0 Å². The largest absolute Gasteiger partial charge is 2.00 e. The van der Waals surface area contributed by atoms with Crippen molar-refractivity contribution in [2.45, 2.75) is 0 Å². The monoisotopic (exact) mass is 459 g/mol. The molecule has 2 aromatic rings. The van der Waals surface area contributed by atoms with Crippen LogP contribution in [0.15, 0.2) is 75.0 Å². The first-order valence-corrected chi connectivity index (χ1v) is 8.56. The van der Waals surface area contributed by atoms with Gasteiger partial charge in [-0.25, -0.2) is 0 Å². The number of nitrogens with two attached hydrogens (primary N) is 1. The van der Waals surface area contributed by atoms with Gasteiger partial charge in [0, 0.05) is 23.7 Å². The van der Waals surface area contributed by atoms with Crippen molar-refractivity contribution in [1.29, 1.82) is 0 Å². The zero-order chi connectivity index (χ0) is 19.6. The minimum absolute atomic E-state index is 0. The van der Waals surface area contributed by atoms with Crippen LogP contribution in [0.4, 0.5) is 0 Å². The normalized spacial score (nSPS) is 12.9. The number of amidine groups is 2. The minimum atomic E-state index is -0.109. The van der Waals surface area contributed by atoms with Crippen molar-refractivity contribution in [2.24, 2.45) is 26.1 Å². The smallest absolute Gasteiger partial charge is 0.741 e. The number of carbonyl (C=O) groups excluding carboxylic acids is 1. The summed E-state index contributed by atoms with van der Waals surface area (Å²) in [6.45, 7) is 0. The fourth-order valence-corrected chi connectivity index (χ4v) is 2.13. The number of rotatable bonds is 6. The summed E-state index contributed by atoms with van der Waals surface area (Å²) < 4.78 is 0. The molecular formula is C18H16CuN6OS2. The first kappa shape index (κ1) is 23.4. The Morgan fingerprint density at radius 2 is 1.43 bits per heavy atom. The molecule has 28 heavy (non-hydrogen) atoms. The molecule has 0 fully saturated rings. The Balaban J connectivity index is 0.00000392. The summed E-state index contributed by atoms with van der Waals surface area (Å²) in [4.78, 5) is 10.9. The molecule has 1 radical (unpaired) electrons. The summed E-state index contributed by atoms with van der Waals surface area (Å²) in [6.07, 6.45) is 0.759. The third-order valence-electron chi connectivity index (χ3n) is 3.29. The predicted octanol–water partition coefficient (Wildman–Crippen LogP) is 1.59. The van der Waals surface area contributed by atoms with E-state index < -0.39 is 0 Å². The SMILES string of the molecule is CN/C([S-])=N/N=C(/C(=N/N=C(/N)[S-])c1ccccc1)c1ccc(C=O)cc1.[Cu+2]. The molecule has 0 unspecified atom stereocenters. The molecular weight excluding hydrogens is 444 g/mol.